The first-order chi connectivity index (χ1) is 13.7. The quantitative estimate of drug-likeness (QED) is 0.735. The highest BCUT2D eigenvalue weighted by atomic mass is 16.5. The molecule has 1 aromatic rings. The van der Waals surface area contributed by atoms with Gasteiger partial charge in [-0.1, -0.05) is 0 Å². The van der Waals surface area contributed by atoms with E-state index < -0.39 is 0 Å². The van der Waals surface area contributed by atoms with Crippen LogP contribution in [-0.4, -0.2) is 83.6 Å². The zero-order valence-electron chi connectivity index (χ0n) is 16.3. The lowest BCUT2D eigenvalue weighted by Gasteiger charge is -2.38. The number of carbonyl (C=O) groups excluding carboxylic acids is 2. The van der Waals surface area contributed by atoms with Gasteiger partial charge in [0.25, 0.3) is 5.91 Å². The smallest absolute Gasteiger partial charge is 0.271 e. The molecule has 28 heavy (non-hydrogen) atoms. The summed E-state index contributed by atoms with van der Waals surface area (Å²) in [4.78, 5) is 36.8. The van der Waals surface area contributed by atoms with E-state index in [2.05, 4.69) is 20.2 Å². The summed E-state index contributed by atoms with van der Waals surface area (Å²) in [5.41, 5.74) is 0.282. The van der Waals surface area contributed by atoms with Crippen LogP contribution in [0.3, 0.4) is 0 Å². The molecule has 0 bridgehead atoms. The van der Waals surface area contributed by atoms with Crippen molar-refractivity contribution < 1.29 is 14.3 Å². The highest BCUT2D eigenvalue weighted by Gasteiger charge is 2.31. The second-order valence-electron chi connectivity index (χ2n) is 8.22. The zero-order chi connectivity index (χ0) is 19.3. The number of rotatable bonds is 7. The van der Waals surface area contributed by atoms with Crippen LogP contribution in [-0.2, 0) is 9.53 Å². The van der Waals surface area contributed by atoms with Gasteiger partial charge in [0.2, 0.25) is 5.91 Å². The Bertz CT molecular complexity index is 674. The van der Waals surface area contributed by atoms with Gasteiger partial charge in [-0.25, -0.2) is 4.98 Å². The first-order valence-electron chi connectivity index (χ1n) is 10.3. The van der Waals surface area contributed by atoms with Crippen LogP contribution < -0.4 is 5.32 Å². The van der Waals surface area contributed by atoms with E-state index in [1.807, 2.05) is 4.90 Å². The molecule has 152 valence electrons. The molecule has 1 atom stereocenters. The van der Waals surface area contributed by atoms with E-state index in [1.54, 1.807) is 0 Å². The Hall–Kier alpha value is -2.06. The molecule has 1 unspecified atom stereocenters. The van der Waals surface area contributed by atoms with Gasteiger partial charge >= 0.3 is 0 Å². The summed E-state index contributed by atoms with van der Waals surface area (Å²) in [6.07, 6.45) is 9.38. The van der Waals surface area contributed by atoms with Gasteiger partial charge in [0.15, 0.2) is 0 Å². The monoisotopic (exact) mass is 387 g/mol. The summed E-state index contributed by atoms with van der Waals surface area (Å²) in [5, 5.41) is 2.83. The molecule has 8 nitrogen and oxygen atoms in total. The van der Waals surface area contributed by atoms with E-state index in [0.717, 1.165) is 38.4 Å². The zero-order valence-corrected chi connectivity index (χ0v) is 16.3. The van der Waals surface area contributed by atoms with Gasteiger partial charge in [-0.2, -0.15) is 0 Å². The maximum atomic E-state index is 12.3. The first-order valence-corrected chi connectivity index (χ1v) is 10.3. The van der Waals surface area contributed by atoms with Gasteiger partial charge < -0.3 is 19.9 Å². The summed E-state index contributed by atoms with van der Waals surface area (Å²) in [6, 6.07) is 0. The fourth-order valence-corrected chi connectivity index (χ4v) is 4.02. The number of hydrogen-bond acceptors (Lipinski definition) is 6. The molecular formula is C20H29N5O3. The highest BCUT2D eigenvalue weighted by Crippen LogP contribution is 2.31. The summed E-state index contributed by atoms with van der Waals surface area (Å²) in [7, 11) is 0. The molecule has 2 aliphatic heterocycles. The van der Waals surface area contributed by atoms with Crippen molar-refractivity contribution >= 4 is 11.8 Å². The lowest BCUT2D eigenvalue weighted by atomic mass is 9.95. The van der Waals surface area contributed by atoms with Crippen LogP contribution in [0, 0.1) is 11.8 Å². The minimum atomic E-state index is -0.275. The molecule has 0 radical (unpaired) electrons. The second-order valence-corrected chi connectivity index (χ2v) is 8.22. The number of amides is 2. The fourth-order valence-electron chi connectivity index (χ4n) is 4.02. The number of ether oxygens (including phenoxy) is 1. The van der Waals surface area contributed by atoms with E-state index in [0.29, 0.717) is 19.0 Å². The van der Waals surface area contributed by atoms with Crippen LogP contribution in [0.25, 0.3) is 0 Å². The number of aromatic nitrogens is 2. The Morgan fingerprint density at radius 3 is 2.64 bits per heavy atom. The number of piperidine rings is 1. The number of nitrogens with one attached hydrogen (secondary N) is 1. The minimum Gasteiger partial charge on any atom is -0.365 e. The molecule has 8 heteroatoms. The standard InChI is InChI=1S/C20H29N5O3/c26-19-14-28-17(9-23-20(27)18-10-21-5-6-22-18)13-25(19)12-16-3-7-24(8-4-16)11-15-1-2-15/h5-6,10,15-17H,1-4,7-9,11-14H2,(H,23,27). The van der Waals surface area contributed by atoms with Crippen LogP contribution in [0.5, 0.6) is 0 Å². The number of likely N-dealkylation sites (tertiary alicyclic amines) is 1. The van der Waals surface area contributed by atoms with Crippen LogP contribution in [0.15, 0.2) is 18.6 Å². The topological polar surface area (TPSA) is 87.7 Å². The number of hydrogen-bond donors (Lipinski definition) is 1. The SMILES string of the molecule is O=C(NCC1CN(CC2CCN(CC3CC3)CC2)C(=O)CO1)c1cnccn1. The Morgan fingerprint density at radius 2 is 1.93 bits per heavy atom. The Labute approximate surface area is 165 Å². The van der Waals surface area contributed by atoms with Crippen molar-refractivity contribution in [3.05, 3.63) is 24.3 Å². The van der Waals surface area contributed by atoms with Gasteiger partial charge in [-0.3, -0.25) is 14.6 Å². The molecule has 0 aromatic carbocycles. The first kappa shape index (κ1) is 19.3. The van der Waals surface area contributed by atoms with Crippen LogP contribution in [0.4, 0.5) is 0 Å². The highest BCUT2D eigenvalue weighted by molar-refractivity contribution is 5.91. The normalized spacial score (nSPS) is 24.4. The number of carbonyl (C=O) groups is 2. The average molecular weight is 387 g/mol. The lowest BCUT2D eigenvalue weighted by molar-refractivity contribution is -0.149. The van der Waals surface area contributed by atoms with Crippen molar-refractivity contribution in [3.8, 4) is 0 Å². The third kappa shape index (κ3) is 5.26. The lowest BCUT2D eigenvalue weighted by Crippen LogP contribution is -2.52. The molecule has 2 amide bonds. The predicted molar refractivity (Wildman–Crippen MR) is 103 cm³/mol. The van der Waals surface area contributed by atoms with Crippen molar-refractivity contribution in [3.63, 3.8) is 0 Å². The number of nitrogens with zero attached hydrogens (tertiary/aromatic N) is 4. The van der Waals surface area contributed by atoms with Crippen molar-refractivity contribution in [1.82, 2.24) is 25.1 Å². The molecule has 2 saturated heterocycles. The third-order valence-corrected chi connectivity index (χ3v) is 5.90. The second kappa shape index (κ2) is 8.96. The fraction of sp³-hybridized carbons (Fsp3) is 0.700. The molecule has 1 saturated carbocycles. The summed E-state index contributed by atoms with van der Waals surface area (Å²) < 4.78 is 5.61. The largest absolute Gasteiger partial charge is 0.365 e. The summed E-state index contributed by atoms with van der Waals surface area (Å²) >= 11 is 0. The number of morpholine rings is 1. The Morgan fingerprint density at radius 1 is 1.14 bits per heavy atom. The van der Waals surface area contributed by atoms with E-state index in [9.17, 15) is 9.59 Å². The molecule has 1 aromatic heterocycles. The molecule has 3 fully saturated rings. The molecular weight excluding hydrogens is 358 g/mol. The van der Waals surface area contributed by atoms with Crippen molar-refractivity contribution in [2.24, 2.45) is 11.8 Å². The van der Waals surface area contributed by atoms with Crippen molar-refractivity contribution in [2.75, 3.05) is 45.9 Å². The summed E-state index contributed by atoms with van der Waals surface area (Å²) in [5.74, 6) is 1.28. The molecule has 1 N–H and O–H groups in total. The van der Waals surface area contributed by atoms with Gasteiger partial charge in [-0.15, -0.1) is 0 Å². The molecule has 3 aliphatic rings. The molecule has 0 spiro atoms. The minimum absolute atomic E-state index is 0.0527. The third-order valence-electron chi connectivity index (χ3n) is 5.90. The van der Waals surface area contributed by atoms with Crippen LogP contribution in [0.2, 0.25) is 0 Å². The molecule has 1 aliphatic carbocycles. The summed E-state index contributed by atoms with van der Waals surface area (Å²) in [6.45, 7) is 5.34. The van der Waals surface area contributed by atoms with Crippen LogP contribution in [0.1, 0.15) is 36.2 Å². The van der Waals surface area contributed by atoms with Gasteiger partial charge in [0.05, 0.1) is 12.3 Å². The average Bonchev–Trinajstić information content (AvgIpc) is 3.54. The van der Waals surface area contributed by atoms with E-state index in [4.69, 9.17) is 4.74 Å². The van der Waals surface area contributed by atoms with Gasteiger partial charge in [0.1, 0.15) is 12.3 Å². The van der Waals surface area contributed by atoms with Crippen molar-refractivity contribution in [1.29, 1.82) is 0 Å². The Balaban J connectivity index is 1.21. The van der Waals surface area contributed by atoms with Crippen LogP contribution >= 0.6 is 0 Å². The molecule has 3 heterocycles. The Kier molecular flexibility index (Phi) is 6.17. The maximum absolute atomic E-state index is 12.3. The predicted octanol–water partition coefficient (Wildman–Crippen LogP) is 0.556. The van der Waals surface area contributed by atoms with Gasteiger partial charge in [0, 0.05) is 38.6 Å². The van der Waals surface area contributed by atoms with E-state index >= 15 is 0 Å². The maximum Gasteiger partial charge on any atom is 0.271 e. The van der Waals surface area contributed by atoms with Crippen molar-refractivity contribution in [2.45, 2.75) is 31.8 Å². The van der Waals surface area contributed by atoms with E-state index in [1.165, 1.54) is 38.0 Å². The van der Waals surface area contributed by atoms with Gasteiger partial charge in [-0.05, 0) is 50.6 Å². The van der Waals surface area contributed by atoms with E-state index in [-0.39, 0.29) is 30.2 Å². The molecule has 4 rings (SSSR count).